The smallest absolute Gasteiger partial charge is 0.416 e. The van der Waals surface area contributed by atoms with E-state index in [9.17, 15) is 23.1 Å². The normalized spacial score (nSPS) is 12.6. The van der Waals surface area contributed by atoms with E-state index in [1.807, 2.05) is 47.7 Å². The van der Waals surface area contributed by atoms with Crippen LogP contribution in [0.25, 0.3) is 22.6 Å². The average molecular weight is 512 g/mol. The number of alkyl halides is 3. The van der Waals surface area contributed by atoms with Crippen molar-refractivity contribution in [2.45, 2.75) is 39.9 Å². The molecule has 0 fully saturated rings. The Morgan fingerprint density at radius 2 is 1.81 bits per heavy atom. The van der Waals surface area contributed by atoms with Crippen LogP contribution in [0, 0.1) is 12.8 Å². The molecule has 0 aliphatic rings. The topological polar surface area (TPSA) is 84.1 Å². The first-order chi connectivity index (χ1) is 17.5. The Kier molecular flexibility index (Phi) is 7.20. The molecule has 1 N–H and O–H groups in total. The molecule has 0 saturated carbocycles. The van der Waals surface area contributed by atoms with E-state index in [0.717, 1.165) is 29.7 Å². The van der Waals surface area contributed by atoms with Crippen LogP contribution >= 0.6 is 0 Å². The number of aromatic nitrogens is 4. The van der Waals surface area contributed by atoms with Gasteiger partial charge in [-0.15, -0.1) is 0 Å². The van der Waals surface area contributed by atoms with Gasteiger partial charge in [-0.05, 0) is 36.6 Å². The maximum absolute atomic E-state index is 13.1. The van der Waals surface area contributed by atoms with Crippen molar-refractivity contribution in [3.8, 4) is 11.4 Å². The highest BCUT2D eigenvalue weighted by Crippen LogP contribution is 2.33. The second-order valence-electron chi connectivity index (χ2n) is 9.33. The van der Waals surface area contributed by atoms with Gasteiger partial charge in [0.05, 0.1) is 5.56 Å². The zero-order chi connectivity index (χ0) is 26.9. The van der Waals surface area contributed by atoms with E-state index in [1.54, 1.807) is 0 Å². The van der Waals surface area contributed by atoms with E-state index in [4.69, 9.17) is 4.98 Å². The van der Waals surface area contributed by atoms with Crippen molar-refractivity contribution < 1.29 is 23.1 Å². The Hall–Kier alpha value is -3.95. The molecule has 4 aromatic rings. The first kappa shape index (κ1) is 26.1. The third-order valence-corrected chi connectivity index (χ3v) is 6.32. The van der Waals surface area contributed by atoms with Gasteiger partial charge in [-0.25, -0.2) is 19.7 Å². The van der Waals surface area contributed by atoms with E-state index < -0.39 is 17.7 Å². The second kappa shape index (κ2) is 10.2. The molecular weight excluding hydrogens is 483 g/mol. The van der Waals surface area contributed by atoms with Gasteiger partial charge in [-0.1, -0.05) is 56.2 Å². The summed E-state index contributed by atoms with van der Waals surface area (Å²) in [5.41, 5.74) is 2.40. The van der Waals surface area contributed by atoms with Crippen molar-refractivity contribution in [3.63, 3.8) is 0 Å². The Morgan fingerprint density at radius 3 is 2.41 bits per heavy atom. The lowest BCUT2D eigenvalue weighted by Gasteiger charge is -2.23. The van der Waals surface area contributed by atoms with Gasteiger partial charge in [0.2, 0.25) is 5.82 Å². The number of rotatable bonds is 8. The lowest BCUT2D eigenvalue weighted by Crippen LogP contribution is -2.26. The van der Waals surface area contributed by atoms with Crippen molar-refractivity contribution in [1.29, 1.82) is 0 Å². The number of hydrogen-bond acceptors (Lipinski definition) is 5. The molecule has 10 heteroatoms. The molecule has 0 radical (unpaired) electrons. The first-order valence-electron chi connectivity index (χ1n) is 11.9. The Bertz CT molecular complexity index is 1430. The molecule has 1 unspecified atom stereocenters. The van der Waals surface area contributed by atoms with Crippen LogP contribution in [0.2, 0.25) is 0 Å². The number of imidazole rings is 1. The predicted molar refractivity (Wildman–Crippen MR) is 136 cm³/mol. The third kappa shape index (κ3) is 5.58. The van der Waals surface area contributed by atoms with Gasteiger partial charge >= 0.3 is 12.1 Å². The highest BCUT2D eigenvalue weighted by molar-refractivity contribution is 5.92. The van der Waals surface area contributed by atoms with Crippen LogP contribution in [0.15, 0.2) is 48.5 Å². The highest BCUT2D eigenvalue weighted by Gasteiger charge is 2.30. The number of nitrogens with zero attached hydrogens (tertiary/aromatic N) is 5. The molecule has 7 nitrogen and oxygen atoms in total. The van der Waals surface area contributed by atoms with Crippen LogP contribution in [0.3, 0.4) is 0 Å². The Labute approximate surface area is 212 Å². The summed E-state index contributed by atoms with van der Waals surface area (Å²) in [4.78, 5) is 27.0. The van der Waals surface area contributed by atoms with Crippen molar-refractivity contribution in [2.75, 3.05) is 18.5 Å². The van der Waals surface area contributed by atoms with Crippen LogP contribution in [-0.4, -0.2) is 44.2 Å². The molecule has 2 aromatic carbocycles. The van der Waals surface area contributed by atoms with Crippen molar-refractivity contribution >= 4 is 23.0 Å². The number of aromatic carboxylic acids is 1. The number of anilines is 1. The molecule has 0 saturated heterocycles. The Balaban J connectivity index is 1.95. The van der Waals surface area contributed by atoms with Gasteiger partial charge in [-0.3, -0.25) is 0 Å². The van der Waals surface area contributed by atoms with Gasteiger partial charge < -0.3 is 14.6 Å². The van der Waals surface area contributed by atoms with Gasteiger partial charge in [0.15, 0.2) is 11.5 Å². The van der Waals surface area contributed by atoms with Crippen LogP contribution in [0.4, 0.5) is 19.0 Å². The standard InChI is InChI=1S/C27H28F3N5O2/c1-5-16(2)14-34(4)25-21-22(31-23(33-25)26(36)37)32-24(19-8-6-7-17(3)13-19)35(21)15-18-9-11-20(12-10-18)27(28,29)30/h6-13,16H,5,14-15H2,1-4H3,(H,36,37). The summed E-state index contributed by atoms with van der Waals surface area (Å²) in [6.07, 6.45) is -3.51. The zero-order valence-corrected chi connectivity index (χ0v) is 21.0. The molecule has 0 amide bonds. The van der Waals surface area contributed by atoms with Crippen LogP contribution in [0.5, 0.6) is 0 Å². The summed E-state index contributed by atoms with van der Waals surface area (Å²) >= 11 is 0. The van der Waals surface area contributed by atoms with Crippen LogP contribution < -0.4 is 4.90 Å². The van der Waals surface area contributed by atoms with Crippen LogP contribution in [0.1, 0.15) is 47.6 Å². The maximum Gasteiger partial charge on any atom is 0.416 e. The fourth-order valence-electron chi connectivity index (χ4n) is 4.20. The second-order valence-corrected chi connectivity index (χ2v) is 9.33. The van der Waals surface area contributed by atoms with E-state index >= 15 is 0 Å². The number of carboxylic acid groups (broad SMARTS) is 1. The number of hydrogen-bond donors (Lipinski definition) is 1. The summed E-state index contributed by atoms with van der Waals surface area (Å²) in [6.45, 7) is 6.91. The number of aryl methyl sites for hydroxylation is 1. The largest absolute Gasteiger partial charge is 0.475 e. The van der Waals surface area contributed by atoms with Gasteiger partial charge in [-0.2, -0.15) is 13.2 Å². The van der Waals surface area contributed by atoms with Gasteiger partial charge in [0, 0.05) is 25.7 Å². The monoisotopic (exact) mass is 511 g/mol. The SMILES string of the molecule is CCC(C)CN(C)c1nc(C(=O)O)nc2nc(-c3cccc(C)c3)n(Cc3ccc(C(F)(F)F)cc3)c12. The molecule has 37 heavy (non-hydrogen) atoms. The lowest BCUT2D eigenvalue weighted by molar-refractivity contribution is -0.137. The summed E-state index contributed by atoms with van der Waals surface area (Å²) in [7, 11) is 1.83. The fourth-order valence-corrected chi connectivity index (χ4v) is 4.20. The predicted octanol–water partition coefficient (Wildman–Crippen LogP) is 6.05. The number of halogens is 3. The quantitative estimate of drug-likeness (QED) is 0.310. The average Bonchev–Trinajstić information content (AvgIpc) is 3.21. The molecular formula is C27H28F3N5O2. The minimum absolute atomic E-state index is 0.192. The molecule has 194 valence electrons. The molecule has 0 aliphatic carbocycles. The zero-order valence-electron chi connectivity index (χ0n) is 21.0. The van der Waals surface area contributed by atoms with Crippen molar-refractivity contribution in [3.05, 3.63) is 71.0 Å². The van der Waals surface area contributed by atoms with E-state index in [2.05, 4.69) is 23.8 Å². The molecule has 1 atom stereocenters. The Morgan fingerprint density at radius 1 is 1.11 bits per heavy atom. The van der Waals surface area contributed by atoms with E-state index in [1.165, 1.54) is 12.1 Å². The maximum atomic E-state index is 13.1. The van der Waals surface area contributed by atoms with Gasteiger partial charge in [0.1, 0.15) is 11.3 Å². The summed E-state index contributed by atoms with van der Waals surface area (Å²) < 4.78 is 41.2. The molecule has 2 heterocycles. The molecule has 2 aromatic heterocycles. The van der Waals surface area contributed by atoms with Gasteiger partial charge in [0.25, 0.3) is 0 Å². The fraction of sp³-hybridized carbons (Fsp3) is 0.333. The number of fused-ring (bicyclic) bond motifs is 1. The lowest BCUT2D eigenvalue weighted by atomic mass is 10.1. The summed E-state index contributed by atoms with van der Waals surface area (Å²) in [5.74, 6) is -0.400. The molecule has 0 aliphatic heterocycles. The first-order valence-corrected chi connectivity index (χ1v) is 11.9. The van der Waals surface area contributed by atoms with E-state index in [-0.39, 0.29) is 18.0 Å². The van der Waals surface area contributed by atoms with Crippen LogP contribution in [-0.2, 0) is 12.7 Å². The molecule has 0 bridgehead atoms. The van der Waals surface area contributed by atoms with Crippen molar-refractivity contribution in [2.24, 2.45) is 5.92 Å². The third-order valence-electron chi connectivity index (χ3n) is 6.32. The highest BCUT2D eigenvalue weighted by atomic mass is 19.4. The molecule has 0 spiro atoms. The minimum Gasteiger partial charge on any atom is -0.475 e. The van der Waals surface area contributed by atoms with E-state index in [0.29, 0.717) is 35.2 Å². The number of carboxylic acids is 1. The molecule has 4 rings (SSSR count). The minimum atomic E-state index is -4.43. The summed E-state index contributed by atoms with van der Waals surface area (Å²) in [5, 5.41) is 9.67. The number of benzene rings is 2. The van der Waals surface area contributed by atoms with Crippen molar-refractivity contribution in [1.82, 2.24) is 19.5 Å². The number of carbonyl (C=O) groups is 1. The summed E-state index contributed by atoms with van der Waals surface area (Å²) in [6, 6.07) is 12.6.